The average molecular weight is 173 g/mol. The Labute approximate surface area is 67.8 Å². The van der Waals surface area contributed by atoms with Crippen LogP contribution in [-0.4, -0.2) is 23.0 Å². The third-order valence-corrected chi connectivity index (χ3v) is 0.746. The van der Waals surface area contributed by atoms with Gasteiger partial charge in [-0.15, -0.1) is 0 Å². The van der Waals surface area contributed by atoms with E-state index in [0.29, 0.717) is 0 Å². The second kappa shape index (κ2) is 4.89. The van der Waals surface area contributed by atoms with Gasteiger partial charge >= 0.3 is 11.9 Å². The number of hydrogen-bond acceptors (Lipinski definition) is 4. The molecule has 12 heavy (non-hydrogen) atoms. The van der Waals surface area contributed by atoms with Gasteiger partial charge in [0.25, 0.3) is 5.91 Å². The lowest BCUT2D eigenvalue weighted by molar-refractivity contribution is -0.160. The van der Waals surface area contributed by atoms with Crippen LogP contribution < -0.4 is 5.48 Å². The zero-order valence-corrected chi connectivity index (χ0v) is 6.07. The highest BCUT2D eigenvalue weighted by Gasteiger charge is 2.09. The van der Waals surface area contributed by atoms with E-state index in [0.717, 1.165) is 6.08 Å². The van der Waals surface area contributed by atoms with Crippen LogP contribution in [0.4, 0.5) is 0 Å². The van der Waals surface area contributed by atoms with Crippen LogP contribution >= 0.6 is 0 Å². The first-order chi connectivity index (χ1) is 5.56. The van der Waals surface area contributed by atoms with Crippen molar-refractivity contribution in [2.45, 2.75) is 6.42 Å². The third-order valence-electron chi connectivity index (χ3n) is 0.746. The molecule has 0 spiro atoms. The minimum atomic E-state index is -1.33. The number of amides is 1. The fourth-order valence-corrected chi connectivity index (χ4v) is 0.308. The molecule has 6 heteroatoms. The molecule has 0 aliphatic heterocycles. The molecule has 0 bridgehead atoms. The summed E-state index contributed by atoms with van der Waals surface area (Å²) in [6.45, 7) is 3.08. The zero-order valence-electron chi connectivity index (χ0n) is 6.07. The van der Waals surface area contributed by atoms with Crippen LogP contribution in [0, 0.1) is 0 Å². The van der Waals surface area contributed by atoms with Crippen LogP contribution in [-0.2, 0) is 19.2 Å². The molecule has 66 valence electrons. The molecule has 0 aromatic rings. The van der Waals surface area contributed by atoms with Crippen LogP contribution in [0.2, 0.25) is 0 Å². The van der Waals surface area contributed by atoms with Gasteiger partial charge in [0, 0.05) is 0 Å². The van der Waals surface area contributed by atoms with Crippen molar-refractivity contribution in [1.82, 2.24) is 5.48 Å². The molecule has 0 atom stereocenters. The number of carbonyl (C=O) groups excluding carboxylic acids is 2. The van der Waals surface area contributed by atoms with Crippen LogP contribution in [0.1, 0.15) is 6.42 Å². The van der Waals surface area contributed by atoms with E-state index in [-0.39, 0.29) is 0 Å². The number of rotatable bonds is 3. The predicted octanol–water partition coefficient (Wildman–Crippen LogP) is -0.779. The molecule has 6 nitrogen and oxygen atoms in total. The van der Waals surface area contributed by atoms with Gasteiger partial charge in [-0.2, -0.15) is 5.48 Å². The van der Waals surface area contributed by atoms with Crippen molar-refractivity contribution in [3.8, 4) is 0 Å². The number of carboxylic acids is 1. The van der Waals surface area contributed by atoms with E-state index in [1.165, 1.54) is 0 Å². The Hall–Kier alpha value is -1.85. The van der Waals surface area contributed by atoms with Crippen LogP contribution in [0.3, 0.4) is 0 Å². The molecule has 0 saturated carbocycles. The van der Waals surface area contributed by atoms with Gasteiger partial charge in [0.1, 0.15) is 6.42 Å². The maximum atomic E-state index is 10.4. The summed E-state index contributed by atoms with van der Waals surface area (Å²) in [7, 11) is 0. The van der Waals surface area contributed by atoms with Crippen LogP contribution in [0.5, 0.6) is 0 Å². The molecule has 0 aromatic carbocycles. The van der Waals surface area contributed by atoms with Gasteiger partial charge in [0.2, 0.25) is 0 Å². The summed E-state index contributed by atoms with van der Waals surface area (Å²) in [4.78, 5) is 34.7. The first-order valence-electron chi connectivity index (χ1n) is 2.90. The highest BCUT2D eigenvalue weighted by molar-refractivity contribution is 5.92. The smallest absolute Gasteiger partial charge is 0.343 e. The Kier molecular flexibility index (Phi) is 4.13. The van der Waals surface area contributed by atoms with Crippen molar-refractivity contribution in [3.63, 3.8) is 0 Å². The maximum Gasteiger partial charge on any atom is 0.343 e. The van der Waals surface area contributed by atoms with Crippen molar-refractivity contribution in [2.75, 3.05) is 0 Å². The lowest BCUT2D eigenvalue weighted by atomic mass is 10.5. The standard InChI is InChI=1S/C6H7NO5/c1-2-4(8)7-12-6(11)3-5(9)10/h2H,1,3H2,(H,7,8)(H,9,10). The van der Waals surface area contributed by atoms with E-state index < -0.39 is 24.3 Å². The van der Waals surface area contributed by atoms with E-state index >= 15 is 0 Å². The monoisotopic (exact) mass is 173 g/mol. The van der Waals surface area contributed by atoms with Gasteiger partial charge in [-0.3, -0.25) is 9.59 Å². The Balaban J connectivity index is 3.64. The summed E-state index contributed by atoms with van der Waals surface area (Å²) >= 11 is 0. The molecular formula is C6H7NO5. The molecule has 0 rings (SSSR count). The summed E-state index contributed by atoms with van der Waals surface area (Å²) in [5, 5.41) is 8.07. The second-order valence-corrected chi connectivity index (χ2v) is 1.72. The molecule has 0 aliphatic rings. The van der Waals surface area contributed by atoms with E-state index in [9.17, 15) is 14.4 Å². The van der Waals surface area contributed by atoms with Crippen molar-refractivity contribution in [2.24, 2.45) is 0 Å². The molecular weight excluding hydrogens is 166 g/mol. The number of carbonyl (C=O) groups is 3. The van der Waals surface area contributed by atoms with Gasteiger partial charge in [0.05, 0.1) is 0 Å². The molecule has 2 N–H and O–H groups in total. The van der Waals surface area contributed by atoms with E-state index in [1.807, 2.05) is 0 Å². The first-order valence-corrected chi connectivity index (χ1v) is 2.90. The van der Waals surface area contributed by atoms with E-state index in [1.54, 1.807) is 5.48 Å². The molecule has 0 aromatic heterocycles. The lowest BCUT2D eigenvalue weighted by Crippen LogP contribution is -2.26. The van der Waals surface area contributed by atoms with Gasteiger partial charge in [-0.25, -0.2) is 4.79 Å². The number of carboxylic acid groups (broad SMARTS) is 1. The maximum absolute atomic E-state index is 10.4. The molecule has 0 fully saturated rings. The number of hydrogen-bond donors (Lipinski definition) is 2. The minimum Gasteiger partial charge on any atom is -0.481 e. The first kappa shape index (κ1) is 10.2. The molecule has 0 unspecified atom stereocenters. The van der Waals surface area contributed by atoms with Crippen molar-refractivity contribution < 1.29 is 24.3 Å². The Morgan fingerprint density at radius 2 is 2.08 bits per heavy atom. The summed E-state index contributed by atoms with van der Waals surface area (Å²) in [5.74, 6) is -3.08. The van der Waals surface area contributed by atoms with E-state index in [4.69, 9.17) is 5.11 Å². The van der Waals surface area contributed by atoms with Crippen LogP contribution in [0.15, 0.2) is 12.7 Å². The van der Waals surface area contributed by atoms with Gasteiger partial charge in [-0.1, -0.05) is 6.58 Å². The molecule has 1 amide bonds. The summed E-state index contributed by atoms with van der Waals surface area (Å²) in [6, 6.07) is 0. The number of nitrogens with one attached hydrogen (secondary N) is 1. The zero-order chi connectivity index (χ0) is 9.56. The average Bonchev–Trinajstić information content (AvgIpc) is 1.99. The third kappa shape index (κ3) is 4.98. The quantitative estimate of drug-likeness (QED) is 0.332. The molecule has 0 saturated heterocycles. The fraction of sp³-hybridized carbons (Fsp3) is 0.167. The highest BCUT2D eigenvalue weighted by Crippen LogP contribution is 1.82. The minimum absolute atomic E-state index is 0.714. The largest absolute Gasteiger partial charge is 0.481 e. The summed E-state index contributed by atoms with van der Waals surface area (Å²) in [6.07, 6.45) is 0.0888. The fourth-order valence-electron chi connectivity index (χ4n) is 0.308. The highest BCUT2D eigenvalue weighted by atomic mass is 16.7. The van der Waals surface area contributed by atoms with Crippen LogP contribution in [0.25, 0.3) is 0 Å². The number of aliphatic carboxylic acids is 1. The molecule has 0 heterocycles. The molecule has 0 radical (unpaired) electrons. The van der Waals surface area contributed by atoms with Crippen molar-refractivity contribution in [3.05, 3.63) is 12.7 Å². The Bertz CT molecular complexity index is 222. The van der Waals surface area contributed by atoms with Gasteiger partial charge < -0.3 is 9.94 Å². The van der Waals surface area contributed by atoms with Gasteiger partial charge in [-0.05, 0) is 6.08 Å². The summed E-state index contributed by atoms with van der Waals surface area (Å²) in [5.41, 5.74) is 1.67. The Morgan fingerprint density at radius 1 is 1.50 bits per heavy atom. The number of hydroxylamine groups is 1. The molecule has 0 aliphatic carbocycles. The predicted molar refractivity (Wildman–Crippen MR) is 36.7 cm³/mol. The lowest BCUT2D eigenvalue weighted by Gasteiger charge is -1.99. The SMILES string of the molecule is C=CC(=O)NOC(=O)CC(=O)O. The van der Waals surface area contributed by atoms with Crippen molar-refractivity contribution >= 4 is 17.8 Å². The second-order valence-electron chi connectivity index (χ2n) is 1.72. The summed E-state index contributed by atoms with van der Waals surface area (Å²) < 4.78 is 0. The van der Waals surface area contributed by atoms with Crippen molar-refractivity contribution in [1.29, 1.82) is 0 Å². The van der Waals surface area contributed by atoms with Gasteiger partial charge in [0.15, 0.2) is 0 Å². The topological polar surface area (TPSA) is 92.7 Å². The normalized spacial score (nSPS) is 8.33. The Morgan fingerprint density at radius 3 is 2.50 bits per heavy atom. The van der Waals surface area contributed by atoms with E-state index in [2.05, 4.69) is 11.4 Å².